The second-order valence-corrected chi connectivity index (χ2v) is 7.80. The van der Waals surface area contributed by atoms with Gasteiger partial charge in [0.25, 0.3) is 0 Å². The number of anilines is 1. The highest BCUT2D eigenvalue weighted by atomic mass is 16.5. The third-order valence-corrected chi connectivity index (χ3v) is 6.22. The van der Waals surface area contributed by atoms with Crippen molar-refractivity contribution < 1.29 is 9.53 Å². The molecule has 1 amide bonds. The van der Waals surface area contributed by atoms with Crippen LogP contribution in [0.25, 0.3) is 0 Å². The fourth-order valence-electron chi connectivity index (χ4n) is 4.67. The third kappa shape index (κ3) is 3.28. The van der Waals surface area contributed by atoms with E-state index in [0.717, 1.165) is 69.7 Å². The molecule has 1 aromatic rings. The zero-order valence-corrected chi connectivity index (χ0v) is 16.4. The van der Waals surface area contributed by atoms with Crippen LogP contribution in [0, 0.1) is 17.2 Å². The minimum Gasteiger partial charge on any atom is -0.495 e. The molecule has 1 spiro atoms. The van der Waals surface area contributed by atoms with E-state index < -0.39 is 11.5 Å². The maximum Gasteiger partial charge on any atom is 0.246 e. The predicted molar refractivity (Wildman–Crippen MR) is 107 cm³/mol. The van der Waals surface area contributed by atoms with Gasteiger partial charge in [0.1, 0.15) is 5.75 Å². The Morgan fingerprint density at radius 3 is 2.50 bits per heavy atom. The molecule has 1 aliphatic carbocycles. The Bertz CT molecular complexity index is 801. The van der Waals surface area contributed by atoms with Gasteiger partial charge >= 0.3 is 0 Å². The number of piperazine rings is 1. The molecule has 7 heteroatoms. The molecule has 1 saturated carbocycles. The lowest BCUT2D eigenvalue weighted by Crippen LogP contribution is -2.60. The van der Waals surface area contributed by atoms with Gasteiger partial charge in [0.05, 0.1) is 24.4 Å². The van der Waals surface area contributed by atoms with Crippen LogP contribution in [0.5, 0.6) is 5.75 Å². The summed E-state index contributed by atoms with van der Waals surface area (Å²) in [5.74, 6) is 0.656. The van der Waals surface area contributed by atoms with Gasteiger partial charge in [0, 0.05) is 26.2 Å². The molecule has 0 unspecified atom stereocenters. The summed E-state index contributed by atoms with van der Waals surface area (Å²) in [6, 6.07) is 10.3. The number of aliphatic imine (C=N–C) groups is 1. The van der Waals surface area contributed by atoms with Crippen LogP contribution >= 0.6 is 0 Å². The molecule has 2 heterocycles. The highest BCUT2D eigenvalue weighted by Gasteiger charge is 2.48. The molecule has 28 heavy (non-hydrogen) atoms. The molecule has 1 atom stereocenters. The van der Waals surface area contributed by atoms with Crippen molar-refractivity contribution in [1.82, 2.24) is 10.2 Å². The fourth-order valence-corrected chi connectivity index (χ4v) is 4.67. The minimum atomic E-state index is -0.675. The highest BCUT2D eigenvalue weighted by Crippen LogP contribution is 2.40. The molecule has 0 aromatic heterocycles. The van der Waals surface area contributed by atoms with Crippen LogP contribution in [0.4, 0.5) is 5.69 Å². The number of methoxy groups -OCH3 is 1. The van der Waals surface area contributed by atoms with Gasteiger partial charge < -0.3 is 14.5 Å². The molecule has 0 radical (unpaired) electrons. The molecule has 1 N–H and O–H groups in total. The Kier molecular flexibility index (Phi) is 5.12. The second-order valence-electron chi connectivity index (χ2n) is 7.80. The monoisotopic (exact) mass is 381 g/mol. The van der Waals surface area contributed by atoms with Crippen molar-refractivity contribution in [3.63, 3.8) is 0 Å². The lowest BCUT2D eigenvalue weighted by molar-refractivity contribution is -0.125. The van der Waals surface area contributed by atoms with E-state index in [4.69, 9.17) is 9.73 Å². The molecule has 0 bridgehead atoms. The first kappa shape index (κ1) is 18.6. The van der Waals surface area contributed by atoms with Gasteiger partial charge in [-0.15, -0.1) is 0 Å². The van der Waals surface area contributed by atoms with Gasteiger partial charge in [-0.1, -0.05) is 31.4 Å². The molecule has 2 fully saturated rings. The number of guanidine groups is 1. The van der Waals surface area contributed by atoms with E-state index in [9.17, 15) is 10.1 Å². The summed E-state index contributed by atoms with van der Waals surface area (Å²) in [7, 11) is 1.69. The number of rotatable bonds is 2. The number of nitrogens with zero attached hydrogens (tertiary/aromatic N) is 4. The summed E-state index contributed by atoms with van der Waals surface area (Å²) in [6.45, 7) is 3.18. The van der Waals surface area contributed by atoms with Crippen LogP contribution in [0.15, 0.2) is 29.3 Å². The molecular weight excluding hydrogens is 354 g/mol. The van der Waals surface area contributed by atoms with Gasteiger partial charge in [-0.3, -0.25) is 10.1 Å². The summed E-state index contributed by atoms with van der Waals surface area (Å²) in [4.78, 5) is 22.1. The zero-order valence-electron chi connectivity index (χ0n) is 16.4. The lowest BCUT2D eigenvalue weighted by Gasteiger charge is -2.44. The van der Waals surface area contributed by atoms with Crippen LogP contribution < -0.4 is 15.0 Å². The topological polar surface area (TPSA) is 81.0 Å². The maximum absolute atomic E-state index is 12.7. The van der Waals surface area contributed by atoms with Crippen LogP contribution in [-0.4, -0.2) is 55.6 Å². The zero-order chi connectivity index (χ0) is 19.6. The number of nitriles is 1. The quantitative estimate of drug-likeness (QED) is 0.849. The van der Waals surface area contributed by atoms with Crippen LogP contribution in [0.1, 0.15) is 32.1 Å². The van der Waals surface area contributed by atoms with Gasteiger partial charge in [0.15, 0.2) is 5.92 Å². The average molecular weight is 381 g/mol. The number of carbonyl (C=O) groups excluding carboxylic acids is 1. The van der Waals surface area contributed by atoms with Crippen LogP contribution in [-0.2, 0) is 4.79 Å². The molecular formula is C21H27N5O2. The molecule has 3 aliphatic rings. The van der Waals surface area contributed by atoms with Gasteiger partial charge in [0.2, 0.25) is 11.9 Å². The third-order valence-electron chi connectivity index (χ3n) is 6.22. The Hall–Kier alpha value is -2.75. The van der Waals surface area contributed by atoms with Crippen molar-refractivity contribution in [3.05, 3.63) is 24.3 Å². The Morgan fingerprint density at radius 1 is 1.14 bits per heavy atom. The number of ether oxygens (including phenoxy) is 1. The number of para-hydroxylation sites is 2. The number of carbonyl (C=O) groups is 1. The van der Waals surface area contributed by atoms with E-state index in [-0.39, 0.29) is 5.91 Å². The summed E-state index contributed by atoms with van der Waals surface area (Å²) < 4.78 is 5.49. The van der Waals surface area contributed by atoms with E-state index >= 15 is 0 Å². The van der Waals surface area contributed by atoms with Crippen molar-refractivity contribution in [3.8, 4) is 11.8 Å². The Labute approximate surface area is 166 Å². The molecule has 4 rings (SSSR count). The molecule has 2 aliphatic heterocycles. The minimum absolute atomic E-state index is 0.193. The van der Waals surface area contributed by atoms with Crippen molar-refractivity contribution >= 4 is 17.6 Å². The number of hydrogen-bond acceptors (Lipinski definition) is 6. The van der Waals surface area contributed by atoms with Gasteiger partial charge in [-0.05, 0) is 25.0 Å². The number of nitrogens with one attached hydrogen (secondary N) is 1. The highest BCUT2D eigenvalue weighted by molar-refractivity contribution is 6.02. The fraction of sp³-hybridized carbons (Fsp3) is 0.571. The summed E-state index contributed by atoms with van der Waals surface area (Å²) >= 11 is 0. The number of hydrogen-bond donors (Lipinski definition) is 1. The van der Waals surface area contributed by atoms with E-state index in [1.165, 1.54) is 0 Å². The van der Waals surface area contributed by atoms with Crippen molar-refractivity contribution in [2.24, 2.45) is 10.9 Å². The molecule has 148 valence electrons. The van der Waals surface area contributed by atoms with E-state index in [2.05, 4.69) is 27.3 Å². The lowest BCUT2D eigenvalue weighted by atomic mass is 9.72. The van der Waals surface area contributed by atoms with Crippen molar-refractivity contribution in [2.75, 3.05) is 38.2 Å². The normalized spacial score (nSPS) is 24.4. The van der Waals surface area contributed by atoms with Crippen molar-refractivity contribution in [1.29, 1.82) is 5.26 Å². The molecule has 7 nitrogen and oxygen atoms in total. The van der Waals surface area contributed by atoms with E-state index in [1.807, 2.05) is 18.2 Å². The molecule has 1 aromatic carbocycles. The largest absolute Gasteiger partial charge is 0.495 e. The first-order chi connectivity index (χ1) is 13.7. The SMILES string of the molecule is COc1ccccc1N1CCN(C2=NC3(CCCCC3)[C@H](C#N)C(=O)N2)CC1. The summed E-state index contributed by atoms with van der Waals surface area (Å²) in [6.07, 6.45) is 4.87. The smallest absolute Gasteiger partial charge is 0.246 e. The Morgan fingerprint density at radius 2 is 1.82 bits per heavy atom. The Balaban J connectivity index is 1.51. The predicted octanol–water partition coefficient (Wildman–Crippen LogP) is 2.15. The second kappa shape index (κ2) is 7.70. The van der Waals surface area contributed by atoms with Crippen LogP contribution in [0.2, 0.25) is 0 Å². The van der Waals surface area contributed by atoms with Gasteiger partial charge in [-0.2, -0.15) is 5.26 Å². The van der Waals surface area contributed by atoms with E-state index in [1.54, 1.807) is 7.11 Å². The maximum atomic E-state index is 12.7. The summed E-state index contributed by atoms with van der Waals surface area (Å²) in [5, 5.41) is 12.5. The average Bonchev–Trinajstić information content (AvgIpc) is 2.74. The number of amides is 1. The number of benzene rings is 1. The first-order valence-electron chi connectivity index (χ1n) is 10.1. The van der Waals surface area contributed by atoms with Gasteiger partial charge in [-0.25, -0.2) is 4.99 Å². The van der Waals surface area contributed by atoms with E-state index in [0.29, 0.717) is 5.96 Å². The molecule has 1 saturated heterocycles. The van der Waals surface area contributed by atoms with Crippen LogP contribution in [0.3, 0.4) is 0 Å². The first-order valence-corrected chi connectivity index (χ1v) is 10.1. The van der Waals surface area contributed by atoms with Crippen molar-refractivity contribution in [2.45, 2.75) is 37.6 Å². The summed E-state index contributed by atoms with van der Waals surface area (Å²) in [5.41, 5.74) is 0.553. The standard InChI is InChI=1S/C21H27N5O2/c1-28-18-8-4-3-7-17(18)25-11-13-26(14-12-25)20-23-19(27)16(15-22)21(24-20)9-5-2-6-10-21/h3-4,7-8,16H,2,5-6,9-14H2,1H3,(H,23,24,27)/t16-/m1/s1.